The summed E-state index contributed by atoms with van der Waals surface area (Å²) in [6.45, 7) is 2.85. The zero-order chi connectivity index (χ0) is 22.1. The molecule has 3 aromatic rings. The van der Waals surface area contributed by atoms with E-state index in [1.54, 1.807) is 0 Å². The number of nitrogens with zero attached hydrogens (tertiary/aromatic N) is 2. The second-order valence-corrected chi connectivity index (χ2v) is 8.91. The third kappa shape index (κ3) is 4.18. The van der Waals surface area contributed by atoms with E-state index in [-0.39, 0.29) is 18.2 Å². The van der Waals surface area contributed by atoms with Crippen LogP contribution in [0.5, 0.6) is 5.75 Å². The van der Waals surface area contributed by atoms with Crippen LogP contribution in [0.4, 0.5) is 0 Å². The lowest BCUT2D eigenvalue weighted by Gasteiger charge is -2.27. The number of benzene rings is 3. The second kappa shape index (κ2) is 8.63. The number of rotatable bonds is 5. The van der Waals surface area contributed by atoms with Crippen LogP contribution in [0.25, 0.3) is 10.8 Å². The molecule has 2 aliphatic rings. The molecule has 164 valence electrons. The van der Waals surface area contributed by atoms with Crippen LogP contribution in [0.2, 0.25) is 0 Å². The van der Waals surface area contributed by atoms with Crippen molar-refractivity contribution in [3.63, 3.8) is 0 Å². The number of hydrogen-bond donors (Lipinski definition) is 3. The average molecular weight is 448 g/mol. The van der Waals surface area contributed by atoms with Crippen molar-refractivity contribution in [2.45, 2.75) is 36.9 Å². The largest absolute Gasteiger partial charge is 0.421 e. The molecular formula is C24H25N5O2S. The Bertz CT molecular complexity index is 1180. The van der Waals surface area contributed by atoms with Gasteiger partial charge >= 0.3 is 0 Å². The molecule has 1 fully saturated rings. The third-order valence-electron chi connectivity index (χ3n) is 5.83. The first-order valence-electron chi connectivity index (χ1n) is 10.6. The van der Waals surface area contributed by atoms with E-state index in [0.717, 1.165) is 46.4 Å². The monoisotopic (exact) mass is 447 g/mol. The summed E-state index contributed by atoms with van der Waals surface area (Å²) in [5.41, 5.74) is 7.90. The number of amidine groups is 1. The summed E-state index contributed by atoms with van der Waals surface area (Å²) in [6.07, 6.45) is 1.60. The van der Waals surface area contributed by atoms with E-state index in [4.69, 9.17) is 20.2 Å². The lowest BCUT2D eigenvalue weighted by molar-refractivity contribution is 0.0273. The van der Waals surface area contributed by atoms with Crippen molar-refractivity contribution in [1.82, 2.24) is 10.2 Å². The highest BCUT2D eigenvalue weighted by Crippen LogP contribution is 2.28. The number of hydrogen-bond acceptors (Lipinski definition) is 6. The van der Waals surface area contributed by atoms with Crippen molar-refractivity contribution in [2.24, 2.45) is 10.9 Å². The molecule has 8 heteroatoms. The highest BCUT2D eigenvalue weighted by molar-refractivity contribution is 7.95. The van der Waals surface area contributed by atoms with Gasteiger partial charge in [-0.1, -0.05) is 41.1 Å². The maximum atomic E-state index is 7.77. The normalized spacial score (nSPS) is 20.0. The van der Waals surface area contributed by atoms with Crippen LogP contribution in [0.3, 0.4) is 0 Å². The van der Waals surface area contributed by atoms with Gasteiger partial charge < -0.3 is 25.0 Å². The standard InChI is InChI=1S/C24H25N5O2S/c1-15-4-10-20(11-5-15)32-31-19-9-8-16-13-18(7-6-17(16)14-19)22-27-23(30-28-22)21-3-2-12-29(21)24(25)26/h4-11,13-14,21,23H,2-3,12H2,1H3,(H3,25,26)(H,27,28). The number of fused-ring (bicyclic) bond motifs is 1. The quantitative estimate of drug-likeness (QED) is 0.308. The van der Waals surface area contributed by atoms with E-state index in [9.17, 15) is 0 Å². The molecule has 5 rings (SSSR count). The van der Waals surface area contributed by atoms with Gasteiger partial charge in [-0.2, -0.15) is 0 Å². The third-order valence-corrected chi connectivity index (χ3v) is 6.58. The van der Waals surface area contributed by atoms with Crippen LogP contribution in [0.15, 0.2) is 70.7 Å². The van der Waals surface area contributed by atoms with E-state index in [1.807, 2.05) is 29.2 Å². The molecule has 2 unspecified atom stereocenters. The SMILES string of the molecule is Cc1ccc(SOc2ccc3cc(C4=NOC(C5CCCN5C(=N)N)N4)ccc3c2)cc1. The number of guanidine groups is 1. The molecule has 1 saturated heterocycles. The summed E-state index contributed by atoms with van der Waals surface area (Å²) in [5, 5.41) is 17.6. The van der Waals surface area contributed by atoms with Gasteiger partial charge in [0.2, 0.25) is 6.23 Å². The van der Waals surface area contributed by atoms with Crippen molar-refractivity contribution >= 4 is 34.6 Å². The molecular weight excluding hydrogens is 422 g/mol. The van der Waals surface area contributed by atoms with Crippen molar-refractivity contribution < 1.29 is 9.02 Å². The van der Waals surface area contributed by atoms with Gasteiger partial charge in [0.05, 0.1) is 18.1 Å². The summed E-state index contributed by atoms with van der Waals surface area (Å²) in [5.74, 6) is 1.58. The molecule has 0 radical (unpaired) electrons. The molecule has 4 N–H and O–H groups in total. The van der Waals surface area contributed by atoms with E-state index in [1.165, 1.54) is 17.6 Å². The molecule has 2 heterocycles. The van der Waals surface area contributed by atoms with Crippen LogP contribution in [-0.4, -0.2) is 35.5 Å². The predicted octanol–water partition coefficient (Wildman–Crippen LogP) is 4.20. The van der Waals surface area contributed by atoms with Gasteiger partial charge in [0.1, 0.15) is 5.75 Å². The van der Waals surface area contributed by atoms with Crippen LogP contribution >= 0.6 is 12.0 Å². The minimum atomic E-state index is -0.304. The van der Waals surface area contributed by atoms with Gasteiger partial charge in [-0.25, -0.2) is 0 Å². The zero-order valence-corrected chi connectivity index (χ0v) is 18.6. The van der Waals surface area contributed by atoms with Crippen LogP contribution in [0, 0.1) is 12.3 Å². The van der Waals surface area contributed by atoms with Gasteiger partial charge in [0.15, 0.2) is 11.8 Å². The number of nitrogens with two attached hydrogens (primary N) is 1. The first-order chi connectivity index (χ1) is 15.6. The van der Waals surface area contributed by atoms with Gasteiger partial charge in [0, 0.05) is 17.0 Å². The second-order valence-electron chi connectivity index (χ2n) is 8.10. The lowest BCUT2D eigenvalue weighted by Crippen LogP contribution is -2.50. The van der Waals surface area contributed by atoms with E-state index < -0.39 is 0 Å². The molecule has 0 spiro atoms. The first-order valence-corrected chi connectivity index (χ1v) is 11.4. The molecule has 32 heavy (non-hydrogen) atoms. The number of likely N-dealkylation sites (tertiary alicyclic amines) is 1. The first kappa shape index (κ1) is 20.5. The van der Waals surface area contributed by atoms with E-state index in [0.29, 0.717) is 5.84 Å². The highest BCUT2D eigenvalue weighted by atomic mass is 32.2. The summed E-state index contributed by atoms with van der Waals surface area (Å²) < 4.78 is 5.90. The molecule has 2 atom stereocenters. The summed E-state index contributed by atoms with van der Waals surface area (Å²) in [6, 6.07) is 20.5. The van der Waals surface area contributed by atoms with Crippen molar-refractivity contribution in [3.05, 3.63) is 71.8 Å². The fourth-order valence-corrected chi connectivity index (χ4v) is 4.66. The Hall–Kier alpha value is -3.39. The smallest absolute Gasteiger partial charge is 0.219 e. The number of aryl methyl sites for hydroxylation is 1. The molecule has 3 aromatic carbocycles. The lowest BCUT2D eigenvalue weighted by atomic mass is 10.1. The number of oxime groups is 1. The molecule has 2 aliphatic heterocycles. The molecule has 0 aliphatic carbocycles. The van der Waals surface area contributed by atoms with Crippen molar-refractivity contribution in [1.29, 1.82) is 5.41 Å². The van der Waals surface area contributed by atoms with Crippen LogP contribution in [-0.2, 0) is 4.84 Å². The van der Waals surface area contributed by atoms with Gasteiger partial charge in [-0.3, -0.25) is 5.41 Å². The fourth-order valence-electron chi connectivity index (χ4n) is 4.12. The van der Waals surface area contributed by atoms with E-state index >= 15 is 0 Å². The van der Waals surface area contributed by atoms with Gasteiger partial charge in [-0.15, -0.1) is 0 Å². The van der Waals surface area contributed by atoms with E-state index in [2.05, 4.69) is 53.8 Å². The Morgan fingerprint density at radius 1 is 1.16 bits per heavy atom. The average Bonchev–Trinajstić information content (AvgIpc) is 3.48. The number of nitrogens with one attached hydrogen (secondary N) is 2. The van der Waals surface area contributed by atoms with Crippen LogP contribution < -0.4 is 15.2 Å². The fraction of sp³-hybridized carbons (Fsp3) is 0.250. The molecule has 0 aromatic heterocycles. The minimum Gasteiger partial charge on any atom is -0.421 e. The highest BCUT2D eigenvalue weighted by Gasteiger charge is 2.37. The topological polar surface area (TPSA) is 96.0 Å². The molecule has 0 bridgehead atoms. The Morgan fingerprint density at radius 2 is 1.94 bits per heavy atom. The Kier molecular flexibility index (Phi) is 5.53. The van der Waals surface area contributed by atoms with Crippen LogP contribution in [0.1, 0.15) is 24.0 Å². The van der Waals surface area contributed by atoms with Crippen molar-refractivity contribution in [3.8, 4) is 5.75 Å². The van der Waals surface area contributed by atoms with Crippen molar-refractivity contribution in [2.75, 3.05) is 6.54 Å². The summed E-state index contributed by atoms with van der Waals surface area (Å²) in [4.78, 5) is 8.59. The molecule has 0 amide bonds. The maximum Gasteiger partial charge on any atom is 0.219 e. The molecule has 7 nitrogen and oxygen atoms in total. The minimum absolute atomic E-state index is 0.0138. The van der Waals surface area contributed by atoms with Gasteiger partial charge in [-0.05, 0) is 60.9 Å². The summed E-state index contributed by atoms with van der Waals surface area (Å²) in [7, 11) is 0. The Balaban J connectivity index is 1.26. The van der Waals surface area contributed by atoms with Gasteiger partial charge in [0.25, 0.3) is 0 Å². The molecule has 0 saturated carbocycles. The Labute approximate surface area is 191 Å². The zero-order valence-electron chi connectivity index (χ0n) is 17.7. The Morgan fingerprint density at radius 3 is 2.75 bits per heavy atom. The summed E-state index contributed by atoms with van der Waals surface area (Å²) >= 11 is 1.36. The predicted molar refractivity (Wildman–Crippen MR) is 128 cm³/mol. The maximum absolute atomic E-state index is 7.77.